The van der Waals surface area contributed by atoms with E-state index in [2.05, 4.69) is 45.3 Å². The second kappa shape index (κ2) is 11.8. The van der Waals surface area contributed by atoms with Crippen LogP contribution in [0.2, 0.25) is 0 Å². The lowest BCUT2D eigenvalue weighted by Crippen LogP contribution is -2.36. The zero-order chi connectivity index (χ0) is 18.9. The number of carbonyl (C=O) groups excluding carboxylic acids is 1. The molecular formula is C19H28IN5OS. The number of carbonyl (C=O) groups is 1. The first-order valence-electron chi connectivity index (χ1n) is 8.62. The Kier molecular flexibility index (Phi) is 10.2. The van der Waals surface area contributed by atoms with E-state index in [0.717, 1.165) is 23.8 Å². The van der Waals surface area contributed by atoms with Crippen molar-refractivity contribution in [1.29, 1.82) is 0 Å². The summed E-state index contributed by atoms with van der Waals surface area (Å²) in [6, 6.07) is 11.9. The van der Waals surface area contributed by atoms with Crippen molar-refractivity contribution < 1.29 is 4.79 Å². The van der Waals surface area contributed by atoms with E-state index in [1.807, 2.05) is 38.1 Å². The first kappa shape index (κ1) is 23.2. The maximum absolute atomic E-state index is 11.7. The van der Waals surface area contributed by atoms with E-state index >= 15 is 0 Å². The number of guanidine groups is 1. The number of hydrogen-bond acceptors (Lipinski definition) is 3. The number of urea groups is 1. The maximum Gasteiger partial charge on any atom is 0.319 e. The molecule has 2 rings (SSSR count). The Morgan fingerprint density at radius 3 is 2.30 bits per heavy atom. The zero-order valence-electron chi connectivity index (χ0n) is 16.1. The monoisotopic (exact) mass is 501 g/mol. The summed E-state index contributed by atoms with van der Waals surface area (Å²) in [6.45, 7) is 7.36. The molecule has 2 aromatic rings. The molecule has 0 radical (unpaired) electrons. The van der Waals surface area contributed by atoms with Gasteiger partial charge in [-0.2, -0.15) is 0 Å². The van der Waals surface area contributed by atoms with Gasteiger partial charge in [0.05, 0.1) is 6.54 Å². The van der Waals surface area contributed by atoms with Crippen LogP contribution in [-0.4, -0.2) is 25.1 Å². The molecule has 0 atom stereocenters. The van der Waals surface area contributed by atoms with Gasteiger partial charge in [0.15, 0.2) is 5.96 Å². The number of rotatable bonds is 6. The van der Waals surface area contributed by atoms with Crippen molar-refractivity contribution in [2.45, 2.75) is 39.9 Å². The molecule has 148 valence electrons. The first-order chi connectivity index (χ1) is 12.5. The zero-order valence-corrected chi connectivity index (χ0v) is 19.3. The lowest BCUT2D eigenvalue weighted by molar-refractivity contribution is 0.250. The van der Waals surface area contributed by atoms with Crippen LogP contribution >= 0.6 is 35.3 Å². The number of amides is 2. The standard InChI is InChI=1S/C19H27N5OS.HI/c1-13(2)23-19(25)24-16-8-6-15(7-9-16)11-21-18(20-4)22-12-17-10-5-14(3)26-17;/h5-10,13H,11-12H2,1-4H3,(H2,20,21,22)(H2,23,24,25);1H. The smallest absolute Gasteiger partial charge is 0.319 e. The molecule has 6 nitrogen and oxygen atoms in total. The van der Waals surface area contributed by atoms with Crippen molar-refractivity contribution in [3.63, 3.8) is 0 Å². The maximum atomic E-state index is 11.7. The fourth-order valence-corrected chi connectivity index (χ4v) is 3.12. The highest BCUT2D eigenvalue weighted by Gasteiger charge is 2.04. The van der Waals surface area contributed by atoms with Crippen molar-refractivity contribution in [1.82, 2.24) is 16.0 Å². The third kappa shape index (κ3) is 8.61. The molecule has 0 aliphatic heterocycles. The van der Waals surface area contributed by atoms with Crippen molar-refractivity contribution in [2.24, 2.45) is 4.99 Å². The number of thiophene rings is 1. The highest BCUT2D eigenvalue weighted by molar-refractivity contribution is 14.0. The predicted molar refractivity (Wildman–Crippen MR) is 125 cm³/mol. The summed E-state index contributed by atoms with van der Waals surface area (Å²) in [5.41, 5.74) is 1.87. The van der Waals surface area contributed by atoms with Gasteiger partial charge in [-0.05, 0) is 50.6 Å². The van der Waals surface area contributed by atoms with E-state index in [9.17, 15) is 4.79 Å². The summed E-state index contributed by atoms with van der Waals surface area (Å²) in [6.07, 6.45) is 0. The Hall–Kier alpha value is -1.81. The van der Waals surface area contributed by atoms with Crippen LogP contribution in [0.25, 0.3) is 0 Å². The molecule has 1 aromatic carbocycles. The number of nitrogens with zero attached hydrogens (tertiary/aromatic N) is 1. The Morgan fingerprint density at radius 2 is 1.74 bits per heavy atom. The Morgan fingerprint density at radius 1 is 1.07 bits per heavy atom. The number of aryl methyl sites for hydroxylation is 1. The predicted octanol–water partition coefficient (Wildman–Crippen LogP) is 4.07. The van der Waals surface area contributed by atoms with E-state index in [4.69, 9.17) is 0 Å². The molecule has 8 heteroatoms. The van der Waals surface area contributed by atoms with Crippen molar-refractivity contribution >= 4 is 53.0 Å². The average molecular weight is 501 g/mol. The topological polar surface area (TPSA) is 77.5 Å². The van der Waals surface area contributed by atoms with Gasteiger partial charge < -0.3 is 21.3 Å². The van der Waals surface area contributed by atoms with E-state index in [1.54, 1.807) is 18.4 Å². The third-order valence-corrected chi connectivity index (χ3v) is 4.54. The van der Waals surface area contributed by atoms with Crippen LogP contribution in [0.3, 0.4) is 0 Å². The third-order valence-electron chi connectivity index (χ3n) is 3.54. The second-order valence-corrected chi connectivity index (χ2v) is 7.61. The van der Waals surface area contributed by atoms with Gasteiger partial charge in [-0.25, -0.2) is 4.79 Å². The fraction of sp³-hybridized carbons (Fsp3) is 0.368. The lowest BCUT2D eigenvalue weighted by atomic mass is 10.2. The summed E-state index contributed by atoms with van der Waals surface area (Å²) in [4.78, 5) is 18.5. The van der Waals surface area contributed by atoms with Gasteiger partial charge in [0.1, 0.15) is 0 Å². The van der Waals surface area contributed by atoms with E-state index < -0.39 is 0 Å². The summed E-state index contributed by atoms with van der Waals surface area (Å²) in [7, 11) is 1.76. The van der Waals surface area contributed by atoms with Crippen molar-refractivity contribution in [3.05, 3.63) is 51.7 Å². The molecule has 4 N–H and O–H groups in total. The van der Waals surface area contributed by atoms with Gasteiger partial charge in [-0.1, -0.05) is 12.1 Å². The molecule has 0 saturated heterocycles. The number of halogens is 1. The Balaban J connectivity index is 0.00000364. The lowest BCUT2D eigenvalue weighted by Gasteiger charge is -2.12. The summed E-state index contributed by atoms with van der Waals surface area (Å²) >= 11 is 1.78. The normalized spacial score (nSPS) is 10.9. The minimum absolute atomic E-state index is 0. The molecule has 0 bridgehead atoms. The Bertz CT molecular complexity index is 743. The molecule has 0 aliphatic carbocycles. The number of anilines is 1. The van der Waals surface area contributed by atoms with E-state index in [1.165, 1.54) is 9.75 Å². The molecule has 27 heavy (non-hydrogen) atoms. The van der Waals surface area contributed by atoms with E-state index in [0.29, 0.717) is 6.54 Å². The molecule has 0 aliphatic rings. The number of aliphatic imine (C=N–C) groups is 1. The summed E-state index contributed by atoms with van der Waals surface area (Å²) < 4.78 is 0. The largest absolute Gasteiger partial charge is 0.352 e. The van der Waals surface area contributed by atoms with Gasteiger partial charge in [-0.15, -0.1) is 35.3 Å². The summed E-state index contributed by atoms with van der Waals surface area (Å²) in [5, 5.41) is 12.2. The SMILES string of the molecule is CN=C(NCc1ccc(NC(=O)NC(C)C)cc1)NCc1ccc(C)s1.I. The van der Waals surface area contributed by atoms with Crippen molar-refractivity contribution in [3.8, 4) is 0 Å². The summed E-state index contributed by atoms with van der Waals surface area (Å²) in [5.74, 6) is 0.759. The van der Waals surface area contributed by atoms with Crippen LogP contribution < -0.4 is 21.3 Å². The van der Waals surface area contributed by atoms with Gasteiger partial charge >= 0.3 is 6.03 Å². The second-order valence-electron chi connectivity index (χ2n) is 6.24. The Labute approximate surface area is 182 Å². The quantitative estimate of drug-likeness (QED) is 0.274. The highest BCUT2D eigenvalue weighted by Crippen LogP contribution is 2.14. The highest BCUT2D eigenvalue weighted by atomic mass is 127. The van der Waals surface area contributed by atoms with Gasteiger partial charge in [0, 0.05) is 35.1 Å². The molecular weight excluding hydrogens is 473 g/mol. The van der Waals surface area contributed by atoms with Crippen LogP contribution in [0.1, 0.15) is 29.2 Å². The van der Waals surface area contributed by atoms with Gasteiger partial charge in [0.25, 0.3) is 0 Å². The first-order valence-corrected chi connectivity index (χ1v) is 9.44. The van der Waals surface area contributed by atoms with Crippen molar-refractivity contribution in [2.75, 3.05) is 12.4 Å². The van der Waals surface area contributed by atoms with Gasteiger partial charge in [-0.3, -0.25) is 4.99 Å². The molecule has 0 saturated carbocycles. The van der Waals surface area contributed by atoms with Crippen LogP contribution in [0.15, 0.2) is 41.4 Å². The number of nitrogens with one attached hydrogen (secondary N) is 4. The molecule has 1 aromatic heterocycles. The number of hydrogen-bond donors (Lipinski definition) is 4. The molecule has 0 unspecified atom stereocenters. The molecule has 0 fully saturated rings. The van der Waals surface area contributed by atoms with Crippen LogP contribution in [0, 0.1) is 6.92 Å². The molecule has 2 amide bonds. The van der Waals surface area contributed by atoms with E-state index in [-0.39, 0.29) is 36.0 Å². The van der Waals surface area contributed by atoms with Crippen LogP contribution in [0.5, 0.6) is 0 Å². The molecule has 0 spiro atoms. The average Bonchev–Trinajstić information content (AvgIpc) is 3.01. The number of benzene rings is 1. The minimum Gasteiger partial charge on any atom is -0.352 e. The minimum atomic E-state index is -0.195. The molecule has 1 heterocycles. The fourth-order valence-electron chi connectivity index (χ4n) is 2.29. The van der Waals surface area contributed by atoms with Gasteiger partial charge in [0.2, 0.25) is 0 Å². The van der Waals surface area contributed by atoms with Crippen LogP contribution in [-0.2, 0) is 13.1 Å². The van der Waals surface area contributed by atoms with Crippen LogP contribution in [0.4, 0.5) is 10.5 Å².